The summed E-state index contributed by atoms with van der Waals surface area (Å²) in [6, 6.07) is 0. The van der Waals surface area contributed by atoms with Gasteiger partial charge in [-0.3, -0.25) is 4.79 Å². The largest absolute Gasteiger partial charge is 0.389 e. The Morgan fingerprint density at radius 3 is 2.50 bits per heavy atom. The molecule has 0 aliphatic heterocycles. The smallest absolute Gasteiger partial charge is 0.133 e. The van der Waals surface area contributed by atoms with Crippen LogP contribution in [0.2, 0.25) is 0 Å². The van der Waals surface area contributed by atoms with Gasteiger partial charge < -0.3 is 5.11 Å². The number of aromatic nitrogens is 1. The second kappa shape index (κ2) is 4.74. The van der Waals surface area contributed by atoms with E-state index in [1.165, 1.54) is 0 Å². The van der Waals surface area contributed by atoms with Crippen LogP contribution < -0.4 is 0 Å². The molecule has 0 amide bonds. The number of hydrogen-bond donors (Lipinski definition) is 1. The molecule has 1 aromatic rings. The van der Waals surface area contributed by atoms with Gasteiger partial charge >= 0.3 is 0 Å². The highest BCUT2D eigenvalue weighted by Gasteiger charge is 2.33. The molecule has 1 N–H and O–H groups in total. The van der Waals surface area contributed by atoms with Crippen LogP contribution in [0.15, 0.2) is 5.38 Å². The van der Waals surface area contributed by atoms with Gasteiger partial charge in [0, 0.05) is 30.1 Å². The van der Waals surface area contributed by atoms with E-state index in [1.807, 2.05) is 0 Å². The molecule has 1 heterocycles. The van der Waals surface area contributed by atoms with Crippen LogP contribution in [0.5, 0.6) is 0 Å². The van der Waals surface area contributed by atoms with E-state index >= 15 is 0 Å². The fourth-order valence-electron chi connectivity index (χ4n) is 2.19. The van der Waals surface area contributed by atoms with Gasteiger partial charge in [-0.1, -0.05) is 20.8 Å². The summed E-state index contributed by atoms with van der Waals surface area (Å²) in [5, 5.41) is 13.5. The minimum absolute atomic E-state index is 0.0555. The maximum Gasteiger partial charge on any atom is 0.133 e. The van der Waals surface area contributed by atoms with E-state index in [0.717, 1.165) is 10.7 Å². The molecule has 2 rings (SSSR count). The molecule has 0 saturated heterocycles. The molecule has 1 fully saturated rings. The first kappa shape index (κ1) is 13.7. The van der Waals surface area contributed by atoms with Crippen LogP contribution in [0.3, 0.4) is 0 Å². The third-order valence-corrected chi connectivity index (χ3v) is 4.39. The standard InChI is InChI=1S/C14H21NO2S/c1-13(2,3)11-9-18-12(15-11)8-14(17)6-4-10(16)5-7-14/h9,17H,4-8H2,1-3H3. The fourth-order valence-corrected chi connectivity index (χ4v) is 3.35. The van der Waals surface area contributed by atoms with Crippen LogP contribution in [0.25, 0.3) is 0 Å². The summed E-state index contributed by atoms with van der Waals surface area (Å²) in [7, 11) is 0. The molecule has 0 spiro atoms. The lowest BCUT2D eigenvalue weighted by atomic mass is 9.82. The summed E-state index contributed by atoms with van der Waals surface area (Å²) >= 11 is 1.61. The predicted molar refractivity (Wildman–Crippen MR) is 72.9 cm³/mol. The minimum Gasteiger partial charge on any atom is -0.389 e. The summed E-state index contributed by atoms with van der Waals surface area (Å²) in [6.45, 7) is 6.42. The zero-order valence-corrected chi connectivity index (χ0v) is 12.1. The first-order valence-electron chi connectivity index (χ1n) is 6.47. The van der Waals surface area contributed by atoms with Gasteiger partial charge in [0.1, 0.15) is 5.78 Å². The SMILES string of the molecule is CC(C)(C)c1csc(CC2(O)CCC(=O)CC2)n1. The van der Waals surface area contributed by atoms with E-state index in [9.17, 15) is 9.90 Å². The number of thiazole rings is 1. The monoisotopic (exact) mass is 267 g/mol. The van der Waals surface area contributed by atoms with E-state index in [1.54, 1.807) is 11.3 Å². The van der Waals surface area contributed by atoms with Crippen molar-refractivity contribution >= 4 is 17.1 Å². The molecule has 100 valence electrons. The van der Waals surface area contributed by atoms with Crippen molar-refractivity contribution in [2.45, 2.75) is 63.9 Å². The summed E-state index contributed by atoms with van der Waals surface area (Å²) in [4.78, 5) is 15.8. The van der Waals surface area contributed by atoms with Crippen LogP contribution in [0.1, 0.15) is 57.2 Å². The molecule has 4 heteroatoms. The number of carbonyl (C=O) groups is 1. The number of aliphatic hydroxyl groups is 1. The Kier molecular flexibility index (Phi) is 3.60. The fraction of sp³-hybridized carbons (Fsp3) is 0.714. The molecule has 0 atom stereocenters. The summed E-state index contributed by atoms with van der Waals surface area (Å²) in [5.74, 6) is 0.272. The van der Waals surface area contributed by atoms with Crippen molar-refractivity contribution < 1.29 is 9.90 Å². The highest BCUT2D eigenvalue weighted by Crippen LogP contribution is 2.32. The Morgan fingerprint density at radius 2 is 2.00 bits per heavy atom. The highest BCUT2D eigenvalue weighted by atomic mass is 32.1. The summed E-state index contributed by atoms with van der Waals surface area (Å²) in [5.41, 5.74) is 0.416. The van der Waals surface area contributed by atoms with Crippen molar-refractivity contribution in [2.24, 2.45) is 0 Å². The van der Waals surface area contributed by atoms with Crippen molar-refractivity contribution in [1.29, 1.82) is 0 Å². The number of rotatable bonds is 2. The first-order chi connectivity index (χ1) is 8.28. The van der Waals surface area contributed by atoms with E-state index in [-0.39, 0.29) is 11.2 Å². The van der Waals surface area contributed by atoms with Crippen molar-refractivity contribution in [1.82, 2.24) is 4.98 Å². The summed E-state index contributed by atoms with van der Waals surface area (Å²) in [6.07, 6.45) is 2.76. The lowest BCUT2D eigenvalue weighted by Crippen LogP contribution is -2.36. The van der Waals surface area contributed by atoms with E-state index in [2.05, 4.69) is 31.1 Å². The maximum absolute atomic E-state index is 11.2. The zero-order valence-electron chi connectivity index (χ0n) is 11.3. The van der Waals surface area contributed by atoms with Gasteiger partial charge in [0.05, 0.1) is 16.3 Å². The van der Waals surface area contributed by atoms with Crippen LogP contribution in [0.4, 0.5) is 0 Å². The number of hydrogen-bond acceptors (Lipinski definition) is 4. The van der Waals surface area contributed by atoms with Gasteiger partial charge in [-0.2, -0.15) is 0 Å². The van der Waals surface area contributed by atoms with Crippen molar-refractivity contribution in [3.8, 4) is 0 Å². The topological polar surface area (TPSA) is 50.2 Å². The Balaban J connectivity index is 2.05. The second-order valence-corrected chi connectivity index (χ2v) is 7.26. The first-order valence-corrected chi connectivity index (χ1v) is 7.35. The van der Waals surface area contributed by atoms with Crippen molar-refractivity contribution in [3.05, 3.63) is 16.1 Å². The zero-order chi connectivity index (χ0) is 13.4. The van der Waals surface area contributed by atoms with Crippen molar-refractivity contribution in [2.75, 3.05) is 0 Å². The lowest BCUT2D eigenvalue weighted by molar-refractivity contribution is -0.125. The van der Waals surface area contributed by atoms with Gasteiger partial charge in [-0.15, -0.1) is 11.3 Å². The molecule has 3 nitrogen and oxygen atoms in total. The number of ketones is 1. The summed E-state index contributed by atoms with van der Waals surface area (Å²) < 4.78 is 0. The minimum atomic E-state index is -0.721. The molecule has 0 unspecified atom stereocenters. The van der Waals surface area contributed by atoms with Gasteiger partial charge in [0.2, 0.25) is 0 Å². The average Bonchev–Trinajstić information content (AvgIpc) is 2.71. The molecule has 1 aromatic heterocycles. The molecule has 1 aliphatic rings. The van der Waals surface area contributed by atoms with Crippen LogP contribution >= 0.6 is 11.3 Å². The van der Waals surface area contributed by atoms with E-state index < -0.39 is 5.60 Å². The number of nitrogens with zero attached hydrogens (tertiary/aromatic N) is 1. The van der Waals surface area contributed by atoms with E-state index in [4.69, 9.17) is 0 Å². The van der Waals surface area contributed by atoms with E-state index in [0.29, 0.717) is 32.1 Å². The van der Waals surface area contributed by atoms with Crippen molar-refractivity contribution in [3.63, 3.8) is 0 Å². The Bertz CT molecular complexity index is 435. The Hall–Kier alpha value is -0.740. The number of carbonyl (C=O) groups excluding carboxylic acids is 1. The number of Topliss-reactive ketones (excluding diaryl/α,β-unsaturated/α-hetero) is 1. The van der Waals surface area contributed by atoms with Gasteiger partial charge in [0.15, 0.2) is 0 Å². The Morgan fingerprint density at radius 1 is 1.39 bits per heavy atom. The van der Waals surface area contributed by atoms with Crippen LogP contribution in [0, 0.1) is 0 Å². The lowest BCUT2D eigenvalue weighted by Gasteiger charge is -2.30. The van der Waals surface area contributed by atoms with Gasteiger partial charge in [-0.25, -0.2) is 4.98 Å². The highest BCUT2D eigenvalue weighted by molar-refractivity contribution is 7.09. The quantitative estimate of drug-likeness (QED) is 0.896. The third-order valence-electron chi connectivity index (χ3n) is 3.54. The van der Waals surface area contributed by atoms with Crippen LogP contribution in [-0.4, -0.2) is 21.5 Å². The van der Waals surface area contributed by atoms with Gasteiger partial charge in [0.25, 0.3) is 0 Å². The molecule has 18 heavy (non-hydrogen) atoms. The average molecular weight is 267 g/mol. The molecular weight excluding hydrogens is 246 g/mol. The molecule has 0 radical (unpaired) electrons. The third kappa shape index (κ3) is 3.18. The maximum atomic E-state index is 11.2. The van der Waals surface area contributed by atoms with Crippen LogP contribution in [-0.2, 0) is 16.6 Å². The molecule has 1 aliphatic carbocycles. The molecule has 0 bridgehead atoms. The van der Waals surface area contributed by atoms with Gasteiger partial charge in [-0.05, 0) is 12.8 Å². The normalized spacial score (nSPS) is 20.1. The molecular formula is C14H21NO2S. The molecule has 0 aromatic carbocycles. The Labute approximate surface area is 112 Å². The molecule has 1 saturated carbocycles. The predicted octanol–water partition coefficient (Wildman–Crippen LogP) is 2.86. The second-order valence-electron chi connectivity index (χ2n) is 6.32.